The van der Waals surface area contributed by atoms with Gasteiger partial charge in [-0.15, -0.1) is 11.3 Å². The maximum Gasteiger partial charge on any atom is 0.226 e. The molecule has 3 nitrogen and oxygen atoms in total. The van der Waals surface area contributed by atoms with E-state index in [1.165, 1.54) is 24.0 Å². The van der Waals surface area contributed by atoms with Crippen LogP contribution in [0.15, 0.2) is 24.3 Å². The predicted octanol–water partition coefficient (Wildman–Crippen LogP) is 4.54. The van der Waals surface area contributed by atoms with E-state index in [1.54, 1.807) is 11.3 Å². The van der Waals surface area contributed by atoms with Crippen molar-refractivity contribution in [3.05, 3.63) is 29.3 Å². The number of para-hydroxylation sites is 1. The predicted molar refractivity (Wildman–Crippen MR) is 89.9 cm³/mol. The first-order valence-corrected chi connectivity index (χ1v) is 9.30. The van der Waals surface area contributed by atoms with Gasteiger partial charge in [-0.05, 0) is 37.8 Å². The molecule has 0 N–H and O–H groups in total. The summed E-state index contributed by atoms with van der Waals surface area (Å²) in [5, 5.41) is 1.13. The van der Waals surface area contributed by atoms with Crippen molar-refractivity contribution in [1.82, 2.24) is 9.88 Å². The number of amides is 1. The maximum atomic E-state index is 12.9. The van der Waals surface area contributed by atoms with Crippen LogP contribution in [0.1, 0.15) is 56.0 Å². The molecule has 1 aliphatic heterocycles. The van der Waals surface area contributed by atoms with Gasteiger partial charge in [0, 0.05) is 12.5 Å². The maximum absolute atomic E-state index is 12.9. The Hall–Kier alpha value is -1.42. The van der Waals surface area contributed by atoms with E-state index in [0.29, 0.717) is 5.91 Å². The summed E-state index contributed by atoms with van der Waals surface area (Å²) in [6.07, 6.45) is 8.08. The largest absolute Gasteiger partial charge is 0.333 e. The lowest BCUT2D eigenvalue weighted by Crippen LogP contribution is -2.36. The Balaban J connectivity index is 1.58. The third-order valence-corrected chi connectivity index (χ3v) is 6.22. The summed E-state index contributed by atoms with van der Waals surface area (Å²) >= 11 is 1.76. The van der Waals surface area contributed by atoms with Gasteiger partial charge < -0.3 is 4.90 Å². The van der Waals surface area contributed by atoms with E-state index in [2.05, 4.69) is 23.1 Å². The minimum Gasteiger partial charge on any atom is -0.333 e. The standard InChI is InChI=1S/C18H22N2OS/c21-18(13-7-2-1-3-8-13)20-12-6-10-15(20)17-19-14-9-4-5-11-16(14)22-17/h4-5,9,11,13,15H,1-3,6-8,10,12H2. The second-order valence-electron chi connectivity index (χ2n) is 6.54. The molecule has 2 heterocycles. The number of thiazole rings is 1. The van der Waals surface area contributed by atoms with Crippen LogP contribution in [0.4, 0.5) is 0 Å². The molecule has 0 bridgehead atoms. The van der Waals surface area contributed by atoms with Crippen molar-refractivity contribution in [3.63, 3.8) is 0 Å². The van der Waals surface area contributed by atoms with Gasteiger partial charge in [0.1, 0.15) is 5.01 Å². The first-order valence-electron chi connectivity index (χ1n) is 8.49. The summed E-state index contributed by atoms with van der Waals surface area (Å²) in [5.41, 5.74) is 1.07. The van der Waals surface area contributed by atoms with E-state index in [1.807, 2.05) is 6.07 Å². The Morgan fingerprint density at radius 3 is 2.73 bits per heavy atom. The highest BCUT2D eigenvalue weighted by Crippen LogP contribution is 2.38. The smallest absolute Gasteiger partial charge is 0.226 e. The van der Waals surface area contributed by atoms with E-state index in [0.717, 1.165) is 42.8 Å². The fourth-order valence-electron chi connectivity index (χ4n) is 3.90. The topological polar surface area (TPSA) is 33.2 Å². The number of carbonyl (C=O) groups is 1. The third kappa shape index (κ3) is 2.54. The van der Waals surface area contributed by atoms with Crippen LogP contribution in [0.25, 0.3) is 10.2 Å². The Kier molecular flexibility index (Phi) is 3.87. The van der Waals surface area contributed by atoms with Gasteiger partial charge in [0.05, 0.1) is 16.3 Å². The van der Waals surface area contributed by atoms with Crippen molar-refractivity contribution in [1.29, 1.82) is 0 Å². The molecule has 1 aromatic carbocycles. The van der Waals surface area contributed by atoms with Crippen LogP contribution in [0.2, 0.25) is 0 Å². The van der Waals surface area contributed by atoms with E-state index in [4.69, 9.17) is 4.98 Å². The number of carbonyl (C=O) groups excluding carboxylic acids is 1. The third-order valence-electron chi connectivity index (χ3n) is 5.09. The van der Waals surface area contributed by atoms with Gasteiger partial charge in [0.2, 0.25) is 5.91 Å². The molecular formula is C18H22N2OS. The lowest BCUT2D eigenvalue weighted by atomic mass is 9.88. The Morgan fingerprint density at radius 2 is 1.91 bits per heavy atom. The SMILES string of the molecule is O=C(C1CCCCC1)N1CCCC1c1nc2ccccc2s1. The summed E-state index contributed by atoms with van der Waals surface area (Å²) in [6.45, 7) is 0.913. The van der Waals surface area contributed by atoms with Crippen molar-refractivity contribution in [2.75, 3.05) is 6.54 Å². The van der Waals surface area contributed by atoms with Gasteiger partial charge in [-0.3, -0.25) is 4.79 Å². The molecule has 116 valence electrons. The fraction of sp³-hybridized carbons (Fsp3) is 0.556. The molecule has 0 spiro atoms. The van der Waals surface area contributed by atoms with E-state index in [9.17, 15) is 4.79 Å². The number of rotatable bonds is 2. The zero-order valence-electron chi connectivity index (χ0n) is 12.8. The summed E-state index contributed by atoms with van der Waals surface area (Å²) in [5.74, 6) is 0.658. The molecule has 2 aromatic rings. The number of hydrogen-bond acceptors (Lipinski definition) is 3. The summed E-state index contributed by atoms with van der Waals surface area (Å²) < 4.78 is 1.23. The molecule has 2 aliphatic rings. The van der Waals surface area contributed by atoms with Crippen LogP contribution < -0.4 is 0 Å². The van der Waals surface area contributed by atoms with Crippen LogP contribution in [0.5, 0.6) is 0 Å². The van der Waals surface area contributed by atoms with E-state index >= 15 is 0 Å². The van der Waals surface area contributed by atoms with Crippen molar-refractivity contribution in [2.45, 2.75) is 51.0 Å². The lowest BCUT2D eigenvalue weighted by Gasteiger charge is -2.29. The second-order valence-corrected chi connectivity index (χ2v) is 7.61. The van der Waals surface area contributed by atoms with Crippen molar-refractivity contribution < 1.29 is 4.79 Å². The zero-order valence-corrected chi connectivity index (χ0v) is 13.6. The molecule has 1 atom stereocenters. The molecule has 1 amide bonds. The molecule has 4 heteroatoms. The minimum absolute atomic E-state index is 0.215. The number of hydrogen-bond donors (Lipinski definition) is 0. The second kappa shape index (κ2) is 5.99. The van der Waals surface area contributed by atoms with Crippen molar-refractivity contribution in [2.24, 2.45) is 5.92 Å². The zero-order chi connectivity index (χ0) is 14.9. The average molecular weight is 314 g/mol. The molecule has 1 saturated heterocycles. The molecular weight excluding hydrogens is 292 g/mol. The van der Waals surface area contributed by atoms with Gasteiger partial charge in [-0.1, -0.05) is 31.4 Å². The number of likely N-dealkylation sites (tertiary alicyclic amines) is 1. The van der Waals surface area contributed by atoms with Crippen molar-refractivity contribution >= 4 is 27.5 Å². The van der Waals surface area contributed by atoms with Crippen molar-refractivity contribution in [3.8, 4) is 0 Å². The molecule has 1 unspecified atom stereocenters. The van der Waals surface area contributed by atoms with Crippen LogP contribution in [0.3, 0.4) is 0 Å². The summed E-state index contributed by atoms with van der Waals surface area (Å²) in [6, 6.07) is 8.50. The molecule has 0 radical (unpaired) electrons. The van der Waals surface area contributed by atoms with Gasteiger partial charge in [0.15, 0.2) is 0 Å². The van der Waals surface area contributed by atoms with Gasteiger partial charge in [-0.25, -0.2) is 4.98 Å². The van der Waals surface area contributed by atoms with Gasteiger partial charge in [-0.2, -0.15) is 0 Å². The highest BCUT2D eigenvalue weighted by Gasteiger charge is 2.35. The monoisotopic (exact) mass is 314 g/mol. The number of fused-ring (bicyclic) bond motifs is 1. The highest BCUT2D eigenvalue weighted by molar-refractivity contribution is 7.18. The summed E-state index contributed by atoms with van der Waals surface area (Å²) in [4.78, 5) is 19.8. The minimum atomic E-state index is 0.215. The molecule has 1 aromatic heterocycles. The summed E-state index contributed by atoms with van der Waals surface area (Å²) in [7, 11) is 0. The average Bonchev–Trinajstić information content (AvgIpc) is 3.21. The van der Waals surface area contributed by atoms with E-state index in [-0.39, 0.29) is 12.0 Å². The number of benzene rings is 1. The number of aromatic nitrogens is 1. The van der Waals surface area contributed by atoms with Crippen LogP contribution >= 0.6 is 11.3 Å². The van der Waals surface area contributed by atoms with Crippen LogP contribution in [0, 0.1) is 5.92 Å². The van der Waals surface area contributed by atoms with Gasteiger partial charge >= 0.3 is 0 Å². The highest BCUT2D eigenvalue weighted by atomic mass is 32.1. The molecule has 1 saturated carbocycles. The first-order chi connectivity index (χ1) is 10.8. The molecule has 22 heavy (non-hydrogen) atoms. The van der Waals surface area contributed by atoms with E-state index < -0.39 is 0 Å². The van der Waals surface area contributed by atoms with Crippen LogP contribution in [-0.2, 0) is 4.79 Å². The van der Waals surface area contributed by atoms with Gasteiger partial charge in [0.25, 0.3) is 0 Å². The quantitative estimate of drug-likeness (QED) is 0.815. The lowest BCUT2D eigenvalue weighted by molar-refractivity contribution is -0.137. The Morgan fingerprint density at radius 1 is 1.09 bits per heavy atom. The number of nitrogens with zero attached hydrogens (tertiary/aromatic N) is 2. The molecule has 2 fully saturated rings. The first kappa shape index (κ1) is 14.2. The normalized spacial score (nSPS) is 23.3. The molecule has 4 rings (SSSR count). The molecule has 1 aliphatic carbocycles. The Labute approximate surface area is 135 Å². The Bertz CT molecular complexity index is 642. The van der Waals surface area contributed by atoms with Crippen LogP contribution in [-0.4, -0.2) is 22.3 Å². The fourth-order valence-corrected chi connectivity index (χ4v) is 5.02.